The molecule has 2 heterocycles. The molecule has 0 spiro atoms. The topological polar surface area (TPSA) is 18.5 Å². The highest BCUT2D eigenvalue weighted by molar-refractivity contribution is 6.30. The highest BCUT2D eigenvalue weighted by atomic mass is 35.5. The second kappa shape index (κ2) is 6.12. The van der Waals surface area contributed by atoms with Gasteiger partial charge in [-0.15, -0.1) is 0 Å². The minimum atomic E-state index is 0.755. The van der Waals surface area contributed by atoms with Gasteiger partial charge in [0.2, 0.25) is 0 Å². The predicted molar refractivity (Wildman–Crippen MR) is 81.1 cm³/mol. The van der Waals surface area contributed by atoms with Crippen LogP contribution in [0.25, 0.3) is 0 Å². The number of hydrogen-bond acceptors (Lipinski definition) is 3. The highest BCUT2D eigenvalue weighted by Crippen LogP contribution is 2.20. The Bertz CT molecular complexity index is 400. The zero-order valence-corrected chi connectivity index (χ0v) is 12.1. The lowest BCUT2D eigenvalue weighted by Gasteiger charge is -2.27. The third-order valence-corrected chi connectivity index (χ3v) is 4.52. The summed E-state index contributed by atoms with van der Waals surface area (Å²) < 4.78 is 0. The van der Waals surface area contributed by atoms with E-state index in [0.717, 1.165) is 24.2 Å². The second-order valence-corrected chi connectivity index (χ2v) is 5.94. The molecule has 104 valence electrons. The van der Waals surface area contributed by atoms with E-state index in [9.17, 15) is 0 Å². The largest absolute Gasteiger partial charge is 0.370 e. The van der Waals surface area contributed by atoms with E-state index in [0.29, 0.717) is 0 Å². The second-order valence-electron chi connectivity index (χ2n) is 5.50. The molecule has 0 saturated carbocycles. The zero-order valence-electron chi connectivity index (χ0n) is 11.3. The molecule has 1 N–H and O–H groups in total. The summed E-state index contributed by atoms with van der Waals surface area (Å²) in [6.07, 6.45) is 2.56. The van der Waals surface area contributed by atoms with E-state index in [1.54, 1.807) is 0 Å². The molecule has 1 atom stereocenters. The number of halogens is 1. The van der Waals surface area contributed by atoms with E-state index >= 15 is 0 Å². The van der Waals surface area contributed by atoms with Gasteiger partial charge in [-0.05, 0) is 43.7 Å². The van der Waals surface area contributed by atoms with E-state index in [4.69, 9.17) is 11.6 Å². The number of nitrogens with zero attached hydrogens (tertiary/aromatic N) is 2. The van der Waals surface area contributed by atoms with E-state index in [1.807, 2.05) is 12.1 Å². The van der Waals surface area contributed by atoms with Crippen molar-refractivity contribution in [2.75, 3.05) is 44.2 Å². The molecule has 4 heteroatoms. The Hall–Kier alpha value is -0.770. The Labute approximate surface area is 120 Å². The summed E-state index contributed by atoms with van der Waals surface area (Å²) in [6.45, 7) is 7.03. The monoisotopic (exact) mass is 279 g/mol. The number of nitrogens with one attached hydrogen (secondary N) is 1. The fourth-order valence-corrected chi connectivity index (χ4v) is 3.29. The summed E-state index contributed by atoms with van der Waals surface area (Å²) in [6, 6.07) is 9.00. The fraction of sp³-hybridized carbons (Fsp3) is 0.600. The van der Waals surface area contributed by atoms with Crippen molar-refractivity contribution in [1.29, 1.82) is 0 Å². The van der Waals surface area contributed by atoms with Crippen molar-refractivity contribution < 1.29 is 0 Å². The minimum absolute atomic E-state index is 0.755. The van der Waals surface area contributed by atoms with Gasteiger partial charge in [-0.25, -0.2) is 0 Å². The lowest BCUT2D eigenvalue weighted by atomic mass is 10.2. The first-order valence-corrected chi connectivity index (χ1v) is 7.66. The maximum atomic E-state index is 5.96. The molecular formula is C15H22ClN3. The van der Waals surface area contributed by atoms with Gasteiger partial charge in [0.15, 0.2) is 0 Å². The van der Waals surface area contributed by atoms with Crippen molar-refractivity contribution in [3.8, 4) is 0 Å². The van der Waals surface area contributed by atoms with Gasteiger partial charge in [-0.2, -0.15) is 0 Å². The molecule has 1 aromatic rings. The van der Waals surface area contributed by atoms with E-state index in [1.165, 1.54) is 44.7 Å². The van der Waals surface area contributed by atoms with Crippen molar-refractivity contribution in [3.05, 3.63) is 29.3 Å². The van der Waals surface area contributed by atoms with Crippen LogP contribution in [0.2, 0.25) is 5.02 Å². The average molecular weight is 280 g/mol. The first kappa shape index (κ1) is 13.2. The number of anilines is 1. The summed E-state index contributed by atoms with van der Waals surface area (Å²) in [5.41, 5.74) is 1.30. The van der Waals surface area contributed by atoms with Crippen molar-refractivity contribution in [3.63, 3.8) is 0 Å². The van der Waals surface area contributed by atoms with Crippen LogP contribution in [-0.2, 0) is 0 Å². The van der Waals surface area contributed by atoms with E-state index in [-0.39, 0.29) is 0 Å². The van der Waals surface area contributed by atoms with Crippen molar-refractivity contribution in [1.82, 2.24) is 10.2 Å². The van der Waals surface area contributed by atoms with Crippen molar-refractivity contribution >= 4 is 17.3 Å². The Morgan fingerprint density at radius 3 is 2.63 bits per heavy atom. The minimum Gasteiger partial charge on any atom is -0.370 e. The molecule has 2 saturated heterocycles. The van der Waals surface area contributed by atoms with Crippen LogP contribution in [-0.4, -0.2) is 50.2 Å². The van der Waals surface area contributed by atoms with Crippen LogP contribution in [0.3, 0.4) is 0 Å². The van der Waals surface area contributed by atoms with Crippen molar-refractivity contribution in [2.45, 2.75) is 18.9 Å². The summed E-state index contributed by atoms with van der Waals surface area (Å²) in [5.74, 6) is 0. The van der Waals surface area contributed by atoms with E-state index in [2.05, 4.69) is 27.2 Å². The zero-order chi connectivity index (χ0) is 13.1. The first-order valence-electron chi connectivity index (χ1n) is 7.28. The Kier molecular flexibility index (Phi) is 4.26. The molecule has 0 aromatic heterocycles. The molecule has 19 heavy (non-hydrogen) atoms. The van der Waals surface area contributed by atoms with Crippen LogP contribution < -0.4 is 10.2 Å². The molecule has 0 amide bonds. The molecule has 0 aliphatic carbocycles. The van der Waals surface area contributed by atoms with Crippen LogP contribution in [0.1, 0.15) is 12.8 Å². The molecule has 0 radical (unpaired) electrons. The van der Waals surface area contributed by atoms with Gasteiger partial charge in [0.1, 0.15) is 0 Å². The first-order chi connectivity index (χ1) is 9.33. The Balaban J connectivity index is 1.62. The van der Waals surface area contributed by atoms with Crippen LogP contribution in [0.5, 0.6) is 0 Å². The quantitative estimate of drug-likeness (QED) is 0.896. The molecule has 3 nitrogen and oxygen atoms in total. The Morgan fingerprint density at radius 2 is 1.89 bits per heavy atom. The molecule has 2 fully saturated rings. The molecule has 0 unspecified atom stereocenters. The lowest BCUT2D eigenvalue weighted by molar-refractivity contribution is 0.223. The third kappa shape index (κ3) is 3.22. The summed E-state index contributed by atoms with van der Waals surface area (Å²) >= 11 is 5.96. The summed E-state index contributed by atoms with van der Waals surface area (Å²) in [4.78, 5) is 5.15. The number of benzene rings is 1. The Morgan fingerprint density at radius 1 is 1.05 bits per heavy atom. The summed E-state index contributed by atoms with van der Waals surface area (Å²) in [7, 11) is 0. The molecule has 2 aliphatic rings. The smallest absolute Gasteiger partial charge is 0.0407 e. The standard InChI is InChI=1S/C15H22ClN3/c16-13-2-4-14(5-3-13)18-8-1-9-19(11-10-18)15-6-7-17-12-15/h2-5,15,17H,1,6-12H2/t15-/m0/s1. The van der Waals surface area contributed by atoms with Crippen LogP contribution >= 0.6 is 11.6 Å². The average Bonchev–Trinajstić information content (AvgIpc) is 2.85. The van der Waals surface area contributed by atoms with Gasteiger partial charge in [0.05, 0.1) is 0 Å². The van der Waals surface area contributed by atoms with Crippen LogP contribution in [0.15, 0.2) is 24.3 Å². The maximum absolute atomic E-state index is 5.96. The van der Waals surface area contributed by atoms with Crippen LogP contribution in [0.4, 0.5) is 5.69 Å². The maximum Gasteiger partial charge on any atom is 0.0407 e. The van der Waals surface area contributed by atoms with Gasteiger partial charge >= 0.3 is 0 Å². The third-order valence-electron chi connectivity index (χ3n) is 4.27. The number of rotatable bonds is 2. The van der Waals surface area contributed by atoms with E-state index < -0.39 is 0 Å². The normalized spacial score (nSPS) is 25.5. The van der Waals surface area contributed by atoms with Gasteiger partial charge in [-0.3, -0.25) is 4.90 Å². The van der Waals surface area contributed by atoms with Crippen molar-refractivity contribution in [2.24, 2.45) is 0 Å². The molecule has 3 rings (SSSR count). The molecule has 1 aromatic carbocycles. The van der Waals surface area contributed by atoms with Gasteiger partial charge in [0.25, 0.3) is 0 Å². The predicted octanol–water partition coefficient (Wildman–Crippen LogP) is 2.21. The SMILES string of the molecule is Clc1ccc(N2CCCN([C@H]3CCNC3)CC2)cc1. The van der Waals surface area contributed by atoms with Gasteiger partial charge in [-0.1, -0.05) is 11.6 Å². The highest BCUT2D eigenvalue weighted by Gasteiger charge is 2.24. The molecule has 0 bridgehead atoms. The van der Waals surface area contributed by atoms with Gasteiger partial charge in [0, 0.05) is 49.5 Å². The summed E-state index contributed by atoms with van der Waals surface area (Å²) in [5, 5.41) is 4.29. The van der Waals surface area contributed by atoms with Gasteiger partial charge < -0.3 is 10.2 Å². The number of hydrogen-bond donors (Lipinski definition) is 1. The fourth-order valence-electron chi connectivity index (χ4n) is 3.16. The van der Waals surface area contributed by atoms with Crippen LogP contribution in [0, 0.1) is 0 Å². The molecular weight excluding hydrogens is 258 g/mol. The lowest BCUT2D eigenvalue weighted by Crippen LogP contribution is -2.39. The molecule has 2 aliphatic heterocycles.